The molecule has 3 aliphatic carbocycles. The second-order valence-electron chi connectivity index (χ2n) is 18.4. The van der Waals surface area contributed by atoms with Gasteiger partial charge in [0.15, 0.2) is 5.84 Å². The maximum absolute atomic E-state index is 5.52. The monoisotopic (exact) mass is 851 g/mol. The molecule has 1 N–H and O–H groups in total. The Morgan fingerprint density at radius 3 is 2.05 bits per heavy atom. The van der Waals surface area contributed by atoms with E-state index in [1.807, 2.05) is 11.3 Å². The number of fused-ring (bicyclic) bond motifs is 11. The Morgan fingerprint density at radius 1 is 0.538 bits per heavy atom. The lowest BCUT2D eigenvalue weighted by atomic mass is 9.54. The van der Waals surface area contributed by atoms with E-state index < -0.39 is 5.41 Å². The van der Waals surface area contributed by atoms with Gasteiger partial charge in [0.25, 0.3) is 0 Å². The first-order valence-electron chi connectivity index (χ1n) is 22.8. The van der Waals surface area contributed by atoms with Gasteiger partial charge in [0, 0.05) is 36.7 Å². The van der Waals surface area contributed by atoms with Crippen LogP contribution in [0.4, 0.5) is 0 Å². The number of benzene rings is 8. The first kappa shape index (κ1) is 38.1. The molecule has 4 heteroatoms. The van der Waals surface area contributed by atoms with Crippen molar-refractivity contribution in [3.05, 3.63) is 250 Å². The van der Waals surface area contributed by atoms with Crippen molar-refractivity contribution in [3.63, 3.8) is 0 Å². The van der Waals surface area contributed by atoms with Gasteiger partial charge in [-0.15, -0.1) is 11.3 Å². The van der Waals surface area contributed by atoms with Crippen molar-refractivity contribution < 1.29 is 0 Å². The van der Waals surface area contributed by atoms with Gasteiger partial charge in [0.05, 0.1) is 5.41 Å². The van der Waals surface area contributed by atoms with E-state index >= 15 is 0 Å². The van der Waals surface area contributed by atoms with Crippen LogP contribution in [0.2, 0.25) is 0 Å². The molecule has 2 atom stereocenters. The Labute approximate surface area is 383 Å². The Kier molecular flexibility index (Phi) is 8.54. The fourth-order valence-corrected chi connectivity index (χ4v) is 12.7. The zero-order valence-corrected chi connectivity index (χ0v) is 37.2. The van der Waals surface area contributed by atoms with Crippen LogP contribution in [0.25, 0.3) is 53.6 Å². The van der Waals surface area contributed by atoms with Crippen molar-refractivity contribution in [2.75, 3.05) is 0 Å². The van der Waals surface area contributed by atoms with Crippen LogP contribution in [0.1, 0.15) is 71.8 Å². The van der Waals surface area contributed by atoms with Crippen LogP contribution >= 0.6 is 11.3 Å². The normalized spacial score (nSPS) is 19.0. The van der Waals surface area contributed by atoms with Crippen LogP contribution in [-0.4, -0.2) is 11.7 Å². The molecule has 1 aliphatic heterocycles. The Bertz CT molecular complexity index is 3530. The van der Waals surface area contributed by atoms with E-state index in [2.05, 4.69) is 219 Å². The lowest BCUT2D eigenvalue weighted by molar-refractivity contribution is 0.524. The van der Waals surface area contributed by atoms with Gasteiger partial charge in [-0.3, -0.25) is 0 Å². The molecule has 2 unspecified atom stereocenters. The third-order valence-electron chi connectivity index (χ3n) is 14.6. The molecule has 0 bridgehead atoms. The highest BCUT2D eigenvalue weighted by Crippen LogP contribution is 2.64. The number of allylic oxidation sites excluding steroid dienone is 4. The molecule has 8 aromatic carbocycles. The first-order chi connectivity index (χ1) is 32.0. The Morgan fingerprint density at radius 2 is 1.20 bits per heavy atom. The summed E-state index contributed by atoms with van der Waals surface area (Å²) in [6.45, 7) is 4.87. The van der Waals surface area contributed by atoms with E-state index in [-0.39, 0.29) is 11.6 Å². The quantitative estimate of drug-likeness (QED) is 0.184. The number of rotatable bonds is 5. The molecular formula is C61H45N3S. The zero-order chi connectivity index (χ0) is 43.3. The SMILES string of the molecule is CC1(C)C2=C(C=CCC2)C2(c3ccc(-c4ccc5c(c4)sc4ccccc45)cc3-c3c(C4=NC(c5ccccc5)NC(c5ccc(-c6ccccc6)cc5)=N4)cccc32)c2ccccc21. The van der Waals surface area contributed by atoms with E-state index in [0.717, 1.165) is 41.2 Å². The van der Waals surface area contributed by atoms with Crippen molar-refractivity contribution >= 4 is 43.2 Å². The average molecular weight is 852 g/mol. The topological polar surface area (TPSA) is 36.8 Å². The highest BCUT2D eigenvalue weighted by atomic mass is 32.1. The molecule has 0 saturated heterocycles. The van der Waals surface area contributed by atoms with Gasteiger partial charge in [0.1, 0.15) is 12.0 Å². The molecule has 3 nitrogen and oxygen atoms in total. The summed E-state index contributed by atoms with van der Waals surface area (Å²) < 4.78 is 2.63. The summed E-state index contributed by atoms with van der Waals surface area (Å²) >= 11 is 1.87. The second kappa shape index (κ2) is 14.6. The van der Waals surface area contributed by atoms with Gasteiger partial charge in [0.2, 0.25) is 0 Å². The largest absolute Gasteiger partial charge is 0.344 e. The van der Waals surface area contributed by atoms with Crippen LogP contribution < -0.4 is 5.32 Å². The van der Waals surface area contributed by atoms with Crippen molar-refractivity contribution in [3.8, 4) is 33.4 Å². The van der Waals surface area contributed by atoms with Gasteiger partial charge in [-0.25, -0.2) is 9.98 Å². The maximum Gasteiger partial charge on any atom is 0.160 e. The standard InChI is InChI=1S/C61H45N3S/c1-60(2)49-22-10-12-24-51(49)61(52-25-13-11-23-50(52)60)48-35-33-42(43-32-34-45-44-20-9-14-27-54(44)65-55(45)37-43)36-47(48)56-46(21-15-26-53(56)61)59-63-57(40-18-7-4-8-19-40)62-58(64-59)41-30-28-39(29-31-41)38-16-5-3-6-17-38/h3-10,12-22,24-37,57H,11,23H2,1-2H3,(H,62,63,64). The number of aliphatic imine (C=N–C) groups is 2. The molecule has 0 amide bonds. The molecule has 2 heterocycles. The average Bonchev–Trinajstić information content (AvgIpc) is 3.89. The number of amidine groups is 2. The number of hydrogen-bond acceptors (Lipinski definition) is 4. The van der Waals surface area contributed by atoms with E-state index in [1.165, 1.54) is 87.0 Å². The van der Waals surface area contributed by atoms with E-state index in [0.29, 0.717) is 0 Å². The highest BCUT2D eigenvalue weighted by Gasteiger charge is 2.54. The smallest absolute Gasteiger partial charge is 0.160 e. The van der Waals surface area contributed by atoms with Crippen molar-refractivity contribution in [2.45, 2.75) is 43.7 Å². The molecule has 4 aliphatic rings. The summed E-state index contributed by atoms with van der Waals surface area (Å²) in [5.41, 5.74) is 18.1. The molecule has 0 saturated carbocycles. The predicted octanol–water partition coefficient (Wildman–Crippen LogP) is 15.1. The van der Waals surface area contributed by atoms with E-state index in [4.69, 9.17) is 9.98 Å². The Balaban J connectivity index is 1.06. The number of nitrogens with zero attached hydrogens (tertiary/aromatic N) is 2. The molecule has 1 spiro atoms. The molecular weight excluding hydrogens is 807 g/mol. The molecule has 0 radical (unpaired) electrons. The maximum atomic E-state index is 5.52. The van der Waals surface area contributed by atoms with E-state index in [9.17, 15) is 0 Å². The Hall–Kier alpha value is -7.40. The van der Waals surface area contributed by atoms with Crippen LogP contribution in [-0.2, 0) is 10.8 Å². The number of nitrogens with one attached hydrogen (secondary N) is 1. The lowest BCUT2D eigenvalue weighted by Gasteiger charge is -2.48. The molecule has 310 valence electrons. The van der Waals surface area contributed by atoms with Crippen LogP contribution in [0.15, 0.2) is 221 Å². The summed E-state index contributed by atoms with van der Waals surface area (Å²) in [6, 6.07) is 69.1. The fourth-order valence-electron chi connectivity index (χ4n) is 11.5. The van der Waals surface area contributed by atoms with Gasteiger partial charge in [-0.05, 0) is 97.8 Å². The number of thiophene rings is 1. The predicted molar refractivity (Wildman–Crippen MR) is 272 cm³/mol. The van der Waals surface area contributed by atoms with Crippen LogP contribution in [0.3, 0.4) is 0 Å². The molecule has 9 aromatic rings. The molecule has 65 heavy (non-hydrogen) atoms. The van der Waals surface area contributed by atoms with E-state index in [1.54, 1.807) is 0 Å². The van der Waals surface area contributed by atoms with Crippen LogP contribution in [0, 0.1) is 0 Å². The summed E-state index contributed by atoms with van der Waals surface area (Å²) in [6.07, 6.45) is 6.63. The van der Waals surface area contributed by atoms with Crippen molar-refractivity contribution in [1.29, 1.82) is 0 Å². The molecule has 1 aromatic heterocycles. The lowest BCUT2D eigenvalue weighted by Crippen LogP contribution is -2.41. The third-order valence-corrected chi connectivity index (χ3v) is 15.7. The summed E-state index contributed by atoms with van der Waals surface area (Å²) in [5, 5.41) is 6.38. The van der Waals surface area contributed by atoms with Crippen molar-refractivity contribution in [2.24, 2.45) is 9.98 Å². The van der Waals surface area contributed by atoms with Gasteiger partial charge < -0.3 is 5.32 Å². The summed E-state index contributed by atoms with van der Waals surface area (Å²) in [4.78, 5) is 11.0. The highest BCUT2D eigenvalue weighted by molar-refractivity contribution is 7.25. The summed E-state index contributed by atoms with van der Waals surface area (Å²) in [5.74, 6) is 1.54. The van der Waals surface area contributed by atoms with Gasteiger partial charge in [-0.1, -0.05) is 201 Å². The molecule has 0 fully saturated rings. The van der Waals surface area contributed by atoms with Crippen LogP contribution in [0.5, 0.6) is 0 Å². The summed E-state index contributed by atoms with van der Waals surface area (Å²) in [7, 11) is 0. The number of hydrogen-bond donors (Lipinski definition) is 1. The minimum absolute atomic E-state index is 0.112. The molecule has 13 rings (SSSR count). The first-order valence-corrected chi connectivity index (χ1v) is 23.6. The van der Waals surface area contributed by atoms with Gasteiger partial charge in [-0.2, -0.15) is 0 Å². The fraction of sp³-hybridized carbons (Fsp3) is 0.115. The third kappa shape index (κ3) is 5.73. The zero-order valence-electron chi connectivity index (χ0n) is 36.3. The minimum Gasteiger partial charge on any atom is -0.344 e. The van der Waals surface area contributed by atoms with Gasteiger partial charge >= 0.3 is 0 Å². The van der Waals surface area contributed by atoms with Crippen molar-refractivity contribution in [1.82, 2.24) is 5.32 Å². The minimum atomic E-state index is -0.515. The second-order valence-corrected chi connectivity index (χ2v) is 19.4.